The van der Waals surface area contributed by atoms with E-state index >= 15 is 0 Å². The summed E-state index contributed by atoms with van der Waals surface area (Å²) < 4.78 is 33.7. The molecule has 7 heteroatoms. The normalized spacial score (nSPS) is 11.3. The van der Waals surface area contributed by atoms with Crippen LogP contribution in [-0.2, 0) is 17.6 Å². The van der Waals surface area contributed by atoms with E-state index in [0.717, 1.165) is 25.9 Å². The van der Waals surface area contributed by atoms with Crippen LogP contribution in [-0.4, -0.2) is 42.9 Å². The van der Waals surface area contributed by atoms with Gasteiger partial charge in [0.1, 0.15) is 6.61 Å². The molecule has 1 N–H and O–H groups in total. The van der Waals surface area contributed by atoms with Crippen molar-refractivity contribution in [3.63, 3.8) is 0 Å². The minimum absolute atomic E-state index is 0.170. The molecule has 0 bridgehead atoms. The van der Waals surface area contributed by atoms with Crippen LogP contribution in [0, 0.1) is 0 Å². The molecule has 18 heavy (non-hydrogen) atoms. The van der Waals surface area contributed by atoms with Crippen molar-refractivity contribution in [3.05, 3.63) is 11.8 Å². The molecule has 0 saturated carbocycles. The summed E-state index contributed by atoms with van der Waals surface area (Å²) in [5.41, 5.74) is 0. The summed E-state index contributed by atoms with van der Waals surface area (Å²) >= 11 is 0. The topological polar surface area (TPSA) is 60.2 Å². The van der Waals surface area contributed by atoms with E-state index in [4.69, 9.17) is 9.15 Å². The standard InChI is InChI=1S/C11H19F2N3O2/c1-2-14-6-3-4-10-15-16-11(18-10)5-7-17-8-9(12)13/h9,14H,2-8H2,1H3. The fraction of sp³-hybridized carbons (Fsp3) is 0.818. The van der Waals surface area contributed by atoms with Gasteiger partial charge in [-0.25, -0.2) is 8.78 Å². The lowest BCUT2D eigenvalue weighted by atomic mass is 10.3. The maximum atomic E-state index is 11.8. The third-order valence-corrected chi connectivity index (χ3v) is 2.21. The highest BCUT2D eigenvalue weighted by Crippen LogP contribution is 2.04. The van der Waals surface area contributed by atoms with E-state index in [1.165, 1.54) is 0 Å². The van der Waals surface area contributed by atoms with Crippen LogP contribution in [0.3, 0.4) is 0 Å². The number of aromatic nitrogens is 2. The molecule has 1 heterocycles. The zero-order chi connectivity index (χ0) is 13.2. The van der Waals surface area contributed by atoms with Crippen LogP contribution >= 0.6 is 0 Å². The summed E-state index contributed by atoms with van der Waals surface area (Å²) in [5.74, 6) is 1.01. The van der Waals surface area contributed by atoms with Crippen molar-refractivity contribution in [2.75, 3.05) is 26.3 Å². The quantitative estimate of drug-likeness (QED) is 0.647. The van der Waals surface area contributed by atoms with Gasteiger partial charge in [0.15, 0.2) is 0 Å². The third kappa shape index (κ3) is 6.61. The number of ether oxygens (including phenoxy) is 1. The lowest BCUT2D eigenvalue weighted by Gasteiger charge is -2.00. The SMILES string of the molecule is CCNCCCc1nnc(CCOCC(F)F)o1. The summed E-state index contributed by atoms with van der Waals surface area (Å²) in [4.78, 5) is 0. The van der Waals surface area contributed by atoms with E-state index in [2.05, 4.69) is 15.5 Å². The highest BCUT2D eigenvalue weighted by atomic mass is 19.3. The first-order valence-electron chi connectivity index (χ1n) is 6.10. The van der Waals surface area contributed by atoms with Crippen LogP contribution < -0.4 is 5.32 Å². The molecule has 0 aliphatic carbocycles. The number of alkyl halides is 2. The second-order valence-corrected chi connectivity index (χ2v) is 3.76. The molecular formula is C11H19F2N3O2. The van der Waals surface area contributed by atoms with Crippen LogP contribution in [0.25, 0.3) is 0 Å². The molecule has 104 valence electrons. The monoisotopic (exact) mass is 263 g/mol. The zero-order valence-electron chi connectivity index (χ0n) is 10.5. The number of nitrogens with zero attached hydrogens (tertiary/aromatic N) is 2. The Balaban J connectivity index is 2.13. The number of nitrogens with one attached hydrogen (secondary N) is 1. The van der Waals surface area contributed by atoms with E-state index in [9.17, 15) is 8.78 Å². The number of halogens is 2. The second kappa shape index (κ2) is 8.93. The van der Waals surface area contributed by atoms with Gasteiger partial charge in [-0.05, 0) is 19.5 Å². The molecule has 0 radical (unpaired) electrons. The van der Waals surface area contributed by atoms with Gasteiger partial charge in [0.25, 0.3) is 6.43 Å². The Kier molecular flexibility index (Phi) is 7.43. The summed E-state index contributed by atoms with van der Waals surface area (Å²) in [6.07, 6.45) is -0.420. The van der Waals surface area contributed by atoms with Crippen molar-refractivity contribution >= 4 is 0 Å². The van der Waals surface area contributed by atoms with Gasteiger partial charge in [-0.2, -0.15) is 0 Å². The molecule has 0 amide bonds. The lowest BCUT2D eigenvalue weighted by molar-refractivity contribution is 0.0173. The molecule has 0 atom stereocenters. The molecule has 0 spiro atoms. The van der Waals surface area contributed by atoms with Crippen LogP contribution in [0.1, 0.15) is 25.1 Å². The molecule has 5 nitrogen and oxygen atoms in total. The number of rotatable bonds is 10. The van der Waals surface area contributed by atoms with Gasteiger partial charge in [-0.3, -0.25) is 0 Å². The Morgan fingerprint density at radius 2 is 2.00 bits per heavy atom. The lowest BCUT2D eigenvalue weighted by Crippen LogP contribution is -2.14. The van der Waals surface area contributed by atoms with E-state index < -0.39 is 13.0 Å². The predicted octanol–water partition coefficient (Wildman–Crippen LogP) is 1.44. The van der Waals surface area contributed by atoms with E-state index in [0.29, 0.717) is 18.2 Å². The molecule has 0 fully saturated rings. The molecule has 1 aromatic rings. The van der Waals surface area contributed by atoms with Crippen LogP contribution in [0.15, 0.2) is 4.42 Å². The fourth-order valence-electron chi connectivity index (χ4n) is 1.36. The summed E-state index contributed by atoms with van der Waals surface area (Å²) in [6, 6.07) is 0. The first-order valence-corrected chi connectivity index (χ1v) is 6.10. The summed E-state index contributed by atoms with van der Waals surface area (Å²) in [7, 11) is 0. The Morgan fingerprint density at radius 3 is 2.67 bits per heavy atom. The largest absolute Gasteiger partial charge is 0.425 e. The zero-order valence-corrected chi connectivity index (χ0v) is 10.5. The Hall–Kier alpha value is -1.08. The van der Waals surface area contributed by atoms with Crippen molar-refractivity contribution in [2.45, 2.75) is 32.6 Å². The molecule has 0 aliphatic heterocycles. The van der Waals surface area contributed by atoms with Crippen LogP contribution in [0.5, 0.6) is 0 Å². The van der Waals surface area contributed by atoms with Crippen LogP contribution in [0.2, 0.25) is 0 Å². The maximum Gasteiger partial charge on any atom is 0.261 e. The van der Waals surface area contributed by atoms with Gasteiger partial charge in [0.2, 0.25) is 11.8 Å². The van der Waals surface area contributed by atoms with Crippen molar-refractivity contribution in [2.24, 2.45) is 0 Å². The highest BCUT2D eigenvalue weighted by Gasteiger charge is 2.07. The average Bonchev–Trinajstić information content (AvgIpc) is 2.78. The van der Waals surface area contributed by atoms with Crippen molar-refractivity contribution in [1.29, 1.82) is 0 Å². The fourth-order valence-corrected chi connectivity index (χ4v) is 1.36. The number of aryl methyl sites for hydroxylation is 1. The summed E-state index contributed by atoms with van der Waals surface area (Å²) in [6.45, 7) is 3.51. The van der Waals surface area contributed by atoms with Gasteiger partial charge in [-0.1, -0.05) is 6.92 Å². The third-order valence-electron chi connectivity index (χ3n) is 2.21. The minimum atomic E-state index is -2.44. The van der Waals surface area contributed by atoms with Crippen molar-refractivity contribution in [1.82, 2.24) is 15.5 Å². The molecule has 0 unspecified atom stereocenters. The average molecular weight is 263 g/mol. The second-order valence-electron chi connectivity index (χ2n) is 3.76. The van der Waals surface area contributed by atoms with Gasteiger partial charge in [0.05, 0.1) is 6.61 Å². The van der Waals surface area contributed by atoms with Crippen LogP contribution in [0.4, 0.5) is 8.78 Å². The first-order chi connectivity index (χ1) is 8.72. The van der Waals surface area contributed by atoms with Crippen molar-refractivity contribution < 1.29 is 17.9 Å². The van der Waals surface area contributed by atoms with Gasteiger partial charge >= 0.3 is 0 Å². The highest BCUT2D eigenvalue weighted by molar-refractivity contribution is 4.82. The number of hydrogen-bond acceptors (Lipinski definition) is 5. The van der Waals surface area contributed by atoms with Gasteiger partial charge < -0.3 is 14.5 Å². The first kappa shape index (κ1) is 15.0. The van der Waals surface area contributed by atoms with E-state index in [1.54, 1.807) is 0 Å². The molecule has 1 rings (SSSR count). The summed E-state index contributed by atoms with van der Waals surface area (Å²) in [5, 5.41) is 10.9. The molecule has 1 aromatic heterocycles. The minimum Gasteiger partial charge on any atom is -0.425 e. The van der Waals surface area contributed by atoms with E-state index in [-0.39, 0.29) is 6.61 Å². The van der Waals surface area contributed by atoms with Gasteiger partial charge in [0, 0.05) is 12.8 Å². The Morgan fingerprint density at radius 1 is 1.28 bits per heavy atom. The Labute approximate surface area is 105 Å². The smallest absolute Gasteiger partial charge is 0.261 e. The predicted molar refractivity (Wildman–Crippen MR) is 61.7 cm³/mol. The molecule has 0 aliphatic rings. The van der Waals surface area contributed by atoms with Gasteiger partial charge in [-0.15, -0.1) is 10.2 Å². The van der Waals surface area contributed by atoms with Crippen molar-refractivity contribution in [3.8, 4) is 0 Å². The molecule has 0 aromatic carbocycles. The number of hydrogen-bond donors (Lipinski definition) is 1. The molecular weight excluding hydrogens is 244 g/mol. The Bertz CT molecular complexity index is 321. The maximum absolute atomic E-state index is 11.8. The molecule has 0 saturated heterocycles. The van der Waals surface area contributed by atoms with E-state index in [1.807, 2.05) is 6.92 Å².